The SMILES string of the molecule is CCN(CC)CCN1CC(C)C(OC(=O)c2ccccc2)CC1C.O=C(O)[C@H](O)[C@@H](O)C(=O)O.O=C(O)[C@H](O)[C@@H](O)C(=O)O. The average molecular weight is 633 g/mol. The van der Waals surface area contributed by atoms with Crippen LogP contribution in [0.25, 0.3) is 0 Å². The number of esters is 1. The number of carboxylic acids is 4. The fourth-order valence-corrected chi connectivity index (χ4v) is 3.99. The first-order chi connectivity index (χ1) is 20.5. The average Bonchev–Trinajstić information content (AvgIpc) is 2.99. The van der Waals surface area contributed by atoms with Gasteiger partial charge in [-0.2, -0.15) is 0 Å². The van der Waals surface area contributed by atoms with Gasteiger partial charge in [-0.15, -0.1) is 0 Å². The van der Waals surface area contributed by atoms with Crippen molar-refractivity contribution in [2.24, 2.45) is 5.92 Å². The van der Waals surface area contributed by atoms with Crippen LogP contribution in [0, 0.1) is 5.92 Å². The van der Waals surface area contributed by atoms with Crippen molar-refractivity contribution in [3.05, 3.63) is 35.9 Å². The molecule has 44 heavy (non-hydrogen) atoms. The Labute approximate surface area is 254 Å². The highest BCUT2D eigenvalue weighted by molar-refractivity contribution is 5.89. The lowest BCUT2D eigenvalue weighted by atomic mass is 9.91. The minimum Gasteiger partial charge on any atom is -0.479 e. The first-order valence-corrected chi connectivity index (χ1v) is 13.8. The molecule has 1 fully saturated rings. The molecular formula is C28H44N2O14. The molecule has 0 bridgehead atoms. The number of carboxylic acid groups (broad SMARTS) is 4. The molecule has 16 nitrogen and oxygen atoms in total. The van der Waals surface area contributed by atoms with Gasteiger partial charge in [0.05, 0.1) is 5.56 Å². The number of aliphatic hydroxyl groups excluding tert-OH is 4. The minimum atomic E-state index is -2.27. The van der Waals surface area contributed by atoms with Crippen molar-refractivity contribution in [2.75, 3.05) is 32.7 Å². The third kappa shape index (κ3) is 14.2. The molecule has 1 heterocycles. The normalized spacial score (nSPS) is 20.8. The summed E-state index contributed by atoms with van der Waals surface area (Å²) in [5.74, 6) is -6.91. The summed E-state index contributed by atoms with van der Waals surface area (Å²) in [6, 6.07) is 9.74. The zero-order valence-electron chi connectivity index (χ0n) is 25.1. The first kappa shape index (κ1) is 40.3. The molecule has 1 aromatic rings. The Balaban J connectivity index is 0.000000765. The van der Waals surface area contributed by atoms with E-state index in [1.54, 1.807) is 0 Å². The van der Waals surface area contributed by atoms with Gasteiger partial charge >= 0.3 is 29.8 Å². The van der Waals surface area contributed by atoms with Gasteiger partial charge in [-0.1, -0.05) is 39.0 Å². The van der Waals surface area contributed by atoms with Crippen LogP contribution in [0.5, 0.6) is 0 Å². The highest BCUT2D eigenvalue weighted by Gasteiger charge is 2.34. The Morgan fingerprint density at radius 1 is 0.795 bits per heavy atom. The predicted molar refractivity (Wildman–Crippen MR) is 153 cm³/mol. The quantitative estimate of drug-likeness (QED) is 0.122. The third-order valence-corrected chi connectivity index (χ3v) is 6.83. The van der Waals surface area contributed by atoms with E-state index in [4.69, 9.17) is 45.6 Å². The van der Waals surface area contributed by atoms with Crippen molar-refractivity contribution in [3.8, 4) is 0 Å². The summed E-state index contributed by atoms with van der Waals surface area (Å²) >= 11 is 0. The smallest absolute Gasteiger partial charge is 0.338 e. The molecule has 0 radical (unpaired) electrons. The lowest BCUT2D eigenvalue weighted by Crippen LogP contribution is -2.50. The standard InChI is InChI=1S/C20H32N2O2.2C4H6O6/c1-5-21(6-2)12-13-22-15-16(3)19(14-17(22)4)24-20(23)18-10-8-7-9-11-18;2*5-1(3(7)8)2(6)4(9)10/h7-11,16-17,19H,5-6,12-15H2,1-4H3;2*1-2,5-6H,(H,7,8)(H,9,10)/t;2*1-,2-/m.11/s1. The molecule has 16 heteroatoms. The van der Waals surface area contributed by atoms with E-state index in [1.807, 2.05) is 30.3 Å². The van der Waals surface area contributed by atoms with Crippen LogP contribution in [0.2, 0.25) is 0 Å². The van der Waals surface area contributed by atoms with Crippen LogP contribution in [0.1, 0.15) is 44.5 Å². The van der Waals surface area contributed by atoms with Crippen LogP contribution in [-0.4, -0.2) is 150 Å². The fraction of sp³-hybridized carbons (Fsp3) is 0.607. The molecule has 250 valence electrons. The van der Waals surface area contributed by atoms with Crippen LogP contribution in [0.4, 0.5) is 0 Å². The number of ether oxygens (including phenoxy) is 1. The van der Waals surface area contributed by atoms with Crippen LogP contribution in [-0.2, 0) is 23.9 Å². The number of carbonyl (C=O) groups is 5. The summed E-state index contributed by atoms with van der Waals surface area (Å²) < 4.78 is 5.80. The molecule has 2 rings (SSSR count). The van der Waals surface area contributed by atoms with E-state index in [2.05, 4.69) is 37.5 Å². The molecular weight excluding hydrogens is 588 g/mol. The maximum Gasteiger partial charge on any atom is 0.338 e. The predicted octanol–water partition coefficient (Wildman–Crippen LogP) is -0.961. The van der Waals surface area contributed by atoms with Crippen molar-refractivity contribution in [3.63, 3.8) is 0 Å². The van der Waals surface area contributed by atoms with E-state index in [0.29, 0.717) is 17.5 Å². The molecule has 0 aliphatic carbocycles. The molecule has 0 amide bonds. The number of hydrogen-bond donors (Lipinski definition) is 8. The first-order valence-electron chi connectivity index (χ1n) is 13.8. The molecule has 1 aliphatic rings. The number of hydrogen-bond acceptors (Lipinski definition) is 12. The van der Waals surface area contributed by atoms with E-state index in [1.165, 1.54) is 0 Å². The number of benzene rings is 1. The second-order valence-corrected chi connectivity index (χ2v) is 10.0. The van der Waals surface area contributed by atoms with Gasteiger partial charge in [-0.3, -0.25) is 4.90 Å². The molecule has 1 saturated heterocycles. The number of carbonyl (C=O) groups excluding carboxylic acids is 1. The van der Waals surface area contributed by atoms with Crippen molar-refractivity contribution in [1.29, 1.82) is 0 Å². The van der Waals surface area contributed by atoms with Crippen LogP contribution >= 0.6 is 0 Å². The summed E-state index contributed by atoms with van der Waals surface area (Å²) in [5.41, 5.74) is 0.640. The summed E-state index contributed by atoms with van der Waals surface area (Å²) in [4.78, 5) is 56.4. The monoisotopic (exact) mass is 632 g/mol. The second-order valence-electron chi connectivity index (χ2n) is 10.0. The minimum absolute atomic E-state index is 0.0115. The van der Waals surface area contributed by atoms with E-state index in [-0.39, 0.29) is 12.1 Å². The zero-order valence-corrected chi connectivity index (χ0v) is 25.1. The molecule has 1 aromatic carbocycles. The number of likely N-dealkylation sites (tertiary alicyclic amines) is 1. The van der Waals surface area contributed by atoms with Gasteiger partial charge in [-0.25, -0.2) is 24.0 Å². The highest BCUT2D eigenvalue weighted by atomic mass is 16.5. The van der Waals surface area contributed by atoms with Crippen molar-refractivity contribution in [1.82, 2.24) is 9.80 Å². The Morgan fingerprint density at radius 3 is 1.57 bits per heavy atom. The fourth-order valence-electron chi connectivity index (χ4n) is 3.99. The number of aliphatic hydroxyl groups is 4. The molecule has 0 saturated carbocycles. The molecule has 3 unspecified atom stereocenters. The number of aliphatic carboxylic acids is 4. The summed E-state index contributed by atoms with van der Waals surface area (Å²) in [7, 11) is 0. The Morgan fingerprint density at radius 2 is 1.20 bits per heavy atom. The van der Waals surface area contributed by atoms with E-state index >= 15 is 0 Å². The van der Waals surface area contributed by atoms with Crippen molar-refractivity contribution < 1.29 is 69.6 Å². The molecule has 1 aliphatic heterocycles. The van der Waals surface area contributed by atoms with Gasteiger partial charge in [0.15, 0.2) is 24.4 Å². The summed E-state index contributed by atoms with van der Waals surface area (Å²) in [5, 5.41) is 65.1. The zero-order chi connectivity index (χ0) is 34.1. The van der Waals surface area contributed by atoms with Crippen molar-refractivity contribution >= 4 is 29.8 Å². The molecule has 0 aromatic heterocycles. The molecule has 7 atom stereocenters. The Kier molecular flexibility index (Phi) is 18.6. The molecule has 8 N–H and O–H groups in total. The van der Waals surface area contributed by atoms with Crippen molar-refractivity contribution in [2.45, 2.75) is 70.7 Å². The van der Waals surface area contributed by atoms with Gasteiger partial charge < -0.3 is 50.5 Å². The number of piperidine rings is 1. The summed E-state index contributed by atoms with van der Waals surface area (Å²) in [6.07, 6.45) is -8.14. The molecule has 0 spiro atoms. The topological polar surface area (TPSA) is 263 Å². The van der Waals surface area contributed by atoms with Gasteiger partial charge in [0.25, 0.3) is 0 Å². The second kappa shape index (κ2) is 20.3. The summed E-state index contributed by atoms with van der Waals surface area (Å²) in [6.45, 7) is 14.3. The third-order valence-electron chi connectivity index (χ3n) is 6.83. The lowest BCUT2D eigenvalue weighted by molar-refractivity contribution is -0.165. The number of nitrogens with zero attached hydrogens (tertiary/aromatic N) is 2. The van der Waals surface area contributed by atoms with Crippen LogP contribution in [0.15, 0.2) is 30.3 Å². The maximum absolute atomic E-state index is 12.3. The Bertz CT molecular complexity index is 980. The van der Waals surface area contributed by atoms with E-state index < -0.39 is 48.3 Å². The number of likely N-dealkylation sites (N-methyl/N-ethyl adjacent to an activating group) is 1. The largest absolute Gasteiger partial charge is 0.479 e. The maximum atomic E-state index is 12.3. The Hall–Kier alpha value is -3.67. The van der Waals surface area contributed by atoms with Gasteiger partial charge in [0.1, 0.15) is 6.10 Å². The highest BCUT2D eigenvalue weighted by Crippen LogP contribution is 2.25. The lowest BCUT2D eigenvalue weighted by Gasteiger charge is -2.41. The number of rotatable bonds is 13. The van der Waals surface area contributed by atoms with Gasteiger partial charge in [0, 0.05) is 31.6 Å². The van der Waals surface area contributed by atoms with Crippen LogP contribution < -0.4 is 0 Å². The van der Waals surface area contributed by atoms with Gasteiger partial charge in [-0.05, 0) is 38.6 Å². The van der Waals surface area contributed by atoms with Crippen LogP contribution in [0.3, 0.4) is 0 Å². The van der Waals surface area contributed by atoms with E-state index in [9.17, 15) is 24.0 Å². The van der Waals surface area contributed by atoms with Gasteiger partial charge in [0.2, 0.25) is 0 Å². The van der Waals surface area contributed by atoms with E-state index in [0.717, 1.165) is 39.1 Å².